The monoisotopic (exact) mass is 410 g/mol. The molecule has 2 rings (SSSR count). The van der Waals surface area contributed by atoms with Crippen molar-refractivity contribution in [1.29, 1.82) is 0 Å². The Balaban J connectivity index is 1.86. The normalized spacial score (nSPS) is 10.5. The predicted octanol–water partition coefficient (Wildman–Crippen LogP) is 2.30. The van der Waals surface area contributed by atoms with Crippen LogP contribution in [0.15, 0.2) is 47.6 Å². The number of anilines is 1. The standard InChI is InChI=1S/C22H26N4O4/c1-4-10-23-21(28)22(29)26-24-13-17-6-5-7-18(12-17)30-14-20(27)25-19-11-15(2)8-9-16(19)3/h5-9,11-13H,4,10,14H2,1-3H3,(H,23,28)(H,25,27)(H,26,29)/b24-13-. The number of carbonyl (C=O) groups excluding carboxylic acids is 3. The van der Waals surface area contributed by atoms with Gasteiger partial charge in [0.15, 0.2) is 6.61 Å². The summed E-state index contributed by atoms with van der Waals surface area (Å²) < 4.78 is 5.54. The number of nitrogens with zero attached hydrogens (tertiary/aromatic N) is 1. The van der Waals surface area contributed by atoms with Gasteiger partial charge in [0.05, 0.1) is 6.21 Å². The van der Waals surface area contributed by atoms with Crippen LogP contribution >= 0.6 is 0 Å². The lowest BCUT2D eigenvalue weighted by atomic mass is 10.1. The van der Waals surface area contributed by atoms with E-state index in [4.69, 9.17) is 4.74 Å². The van der Waals surface area contributed by atoms with Crippen molar-refractivity contribution in [1.82, 2.24) is 10.7 Å². The average molecular weight is 410 g/mol. The van der Waals surface area contributed by atoms with Crippen molar-refractivity contribution >= 4 is 29.6 Å². The summed E-state index contributed by atoms with van der Waals surface area (Å²) in [5, 5.41) is 9.05. The second-order valence-electron chi connectivity index (χ2n) is 6.68. The molecule has 0 radical (unpaired) electrons. The summed E-state index contributed by atoms with van der Waals surface area (Å²) in [7, 11) is 0. The fourth-order valence-electron chi connectivity index (χ4n) is 2.43. The van der Waals surface area contributed by atoms with Crippen LogP contribution in [-0.2, 0) is 14.4 Å². The molecule has 0 spiro atoms. The Kier molecular flexibility index (Phi) is 8.56. The average Bonchev–Trinajstić information content (AvgIpc) is 2.73. The number of hydrogen-bond donors (Lipinski definition) is 3. The summed E-state index contributed by atoms with van der Waals surface area (Å²) in [6.07, 6.45) is 2.12. The first-order chi connectivity index (χ1) is 14.4. The lowest BCUT2D eigenvalue weighted by molar-refractivity contribution is -0.139. The zero-order chi connectivity index (χ0) is 21.9. The van der Waals surface area contributed by atoms with Gasteiger partial charge in [-0.3, -0.25) is 14.4 Å². The molecular formula is C22H26N4O4. The first-order valence-electron chi connectivity index (χ1n) is 9.60. The van der Waals surface area contributed by atoms with E-state index in [0.717, 1.165) is 23.2 Å². The van der Waals surface area contributed by atoms with Gasteiger partial charge in [-0.2, -0.15) is 5.10 Å². The van der Waals surface area contributed by atoms with Crippen molar-refractivity contribution in [3.8, 4) is 5.75 Å². The molecule has 8 nitrogen and oxygen atoms in total. The van der Waals surface area contributed by atoms with E-state index < -0.39 is 11.8 Å². The van der Waals surface area contributed by atoms with E-state index in [2.05, 4.69) is 21.2 Å². The number of amides is 3. The fraction of sp³-hybridized carbons (Fsp3) is 0.273. The van der Waals surface area contributed by atoms with Crippen LogP contribution in [0.25, 0.3) is 0 Å². The number of nitrogens with one attached hydrogen (secondary N) is 3. The molecule has 0 heterocycles. The molecule has 3 N–H and O–H groups in total. The van der Waals surface area contributed by atoms with Crippen LogP contribution in [0, 0.1) is 13.8 Å². The third kappa shape index (κ3) is 7.38. The van der Waals surface area contributed by atoms with E-state index in [1.807, 2.05) is 39.0 Å². The Labute approximate surface area is 175 Å². The number of hydrazone groups is 1. The number of hydrogen-bond acceptors (Lipinski definition) is 5. The minimum absolute atomic E-state index is 0.150. The quantitative estimate of drug-likeness (QED) is 0.352. The summed E-state index contributed by atoms with van der Waals surface area (Å²) in [5.41, 5.74) is 5.57. The van der Waals surface area contributed by atoms with Gasteiger partial charge in [-0.15, -0.1) is 0 Å². The number of carbonyl (C=O) groups is 3. The van der Waals surface area contributed by atoms with Crippen molar-refractivity contribution in [3.05, 3.63) is 59.2 Å². The van der Waals surface area contributed by atoms with Crippen LogP contribution in [0.4, 0.5) is 5.69 Å². The highest BCUT2D eigenvalue weighted by Crippen LogP contribution is 2.17. The highest BCUT2D eigenvalue weighted by Gasteiger charge is 2.11. The summed E-state index contributed by atoms with van der Waals surface area (Å²) >= 11 is 0. The molecule has 0 bridgehead atoms. The van der Waals surface area contributed by atoms with Gasteiger partial charge in [0.2, 0.25) is 0 Å². The first kappa shape index (κ1) is 22.6. The molecule has 0 saturated heterocycles. The van der Waals surface area contributed by atoms with E-state index >= 15 is 0 Å². The molecule has 0 saturated carbocycles. The van der Waals surface area contributed by atoms with Gasteiger partial charge in [-0.1, -0.05) is 31.2 Å². The Morgan fingerprint density at radius 2 is 1.87 bits per heavy atom. The molecule has 0 aliphatic heterocycles. The molecule has 3 amide bonds. The van der Waals surface area contributed by atoms with Crippen molar-refractivity contribution in [2.75, 3.05) is 18.5 Å². The molecule has 0 aliphatic carbocycles. The molecule has 0 aliphatic rings. The molecule has 0 unspecified atom stereocenters. The minimum atomic E-state index is -0.838. The minimum Gasteiger partial charge on any atom is -0.484 e. The van der Waals surface area contributed by atoms with Crippen LogP contribution in [0.3, 0.4) is 0 Å². The van der Waals surface area contributed by atoms with E-state index in [-0.39, 0.29) is 12.5 Å². The summed E-state index contributed by atoms with van der Waals surface area (Å²) in [4.78, 5) is 35.2. The summed E-state index contributed by atoms with van der Waals surface area (Å²) in [5.74, 6) is -1.37. The zero-order valence-corrected chi connectivity index (χ0v) is 17.3. The molecule has 0 aromatic heterocycles. The Morgan fingerprint density at radius 1 is 1.07 bits per heavy atom. The summed E-state index contributed by atoms with van der Waals surface area (Å²) in [6, 6.07) is 12.7. The van der Waals surface area contributed by atoms with E-state index in [9.17, 15) is 14.4 Å². The van der Waals surface area contributed by atoms with E-state index in [0.29, 0.717) is 17.9 Å². The van der Waals surface area contributed by atoms with Crippen molar-refractivity contribution in [2.45, 2.75) is 27.2 Å². The highest BCUT2D eigenvalue weighted by molar-refractivity contribution is 6.35. The maximum atomic E-state index is 12.2. The Bertz CT molecular complexity index is 940. The lowest BCUT2D eigenvalue weighted by Crippen LogP contribution is -2.38. The van der Waals surface area contributed by atoms with Gasteiger partial charge in [0.1, 0.15) is 5.75 Å². The highest BCUT2D eigenvalue weighted by atomic mass is 16.5. The largest absolute Gasteiger partial charge is 0.484 e. The van der Waals surface area contributed by atoms with Gasteiger partial charge in [-0.25, -0.2) is 5.43 Å². The molecule has 0 fully saturated rings. The van der Waals surface area contributed by atoms with Crippen molar-refractivity contribution < 1.29 is 19.1 Å². The number of ether oxygens (including phenoxy) is 1. The van der Waals surface area contributed by atoms with E-state index in [1.165, 1.54) is 6.21 Å². The molecule has 0 atom stereocenters. The van der Waals surface area contributed by atoms with Crippen LogP contribution in [0.1, 0.15) is 30.0 Å². The molecule has 158 valence electrons. The molecule has 30 heavy (non-hydrogen) atoms. The molecular weight excluding hydrogens is 384 g/mol. The SMILES string of the molecule is CCCNC(=O)C(=O)N/N=C\c1cccc(OCC(=O)Nc2cc(C)ccc2C)c1. The molecule has 8 heteroatoms. The third-order valence-corrected chi connectivity index (χ3v) is 4.02. The maximum absolute atomic E-state index is 12.2. The topological polar surface area (TPSA) is 109 Å². The molecule has 2 aromatic rings. The maximum Gasteiger partial charge on any atom is 0.329 e. The summed E-state index contributed by atoms with van der Waals surface area (Å²) in [6.45, 7) is 6.04. The van der Waals surface area contributed by atoms with Gasteiger partial charge in [-0.05, 0) is 55.2 Å². The van der Waals surface area contributed by atoms with Crippen molar-refractivity contribution in [3.63, 3.8) is 0 Å². The molecule has 2 aromatic carbocycles. The fourth-order valence-corrected chi connectivity index (χ4v) is 2.43. The van der Waals surface area contributed by atoms with Crippen LogP contribution < -0.4 is 20.8 Å². The van der Waals surface area contributed by atoms with Crippen molar-refractivity contribution in [2.24, 2.45) is 5.10 Å². The van der Waals surface area contributed by atoms with E-state index in [1.54, 1.807) is 24.3 Å². The Hall–Kier alpha value is -3.68. The lowest BCUT2D eigenvalue weighted by Gasteiger charge is -2.10. The second-order valence-corrected chi connectivity index (χ2v) is 6.68. The van der Waals surface area contributed by atoms with Gasteiger partial charge >= 0.3 is 11.8 Å². The van der Waals surface area contributed by atoms with Gasteiger partial charge < -0.3 is 15.4 Å². The first-order valence-corrected chi connectivity index (χ1v) is 9.60. The van der Waals surface area contributed by atoms with Crippen LogP contribution in [0.5, 0.6) is 5.75 Å². The van der Waals surface area contributed by atoms with Gasteiger partial charge in [0, 0.05) is 12.2 Å². The van der Waals surface area contributed by atoms with Gasteiger partial charge in [0.25, 0.3) is 5.91 Å². The van der Waals surface area contributed by atoms with Crippen LogP contribution in [-0.4, -0.2) is 37.1 Å². The number of rotatable bonds is 8. The third-order valence-electron chi connectivity index (χ3n) is 4.02. The number of benzene rings is 2. The zero-order valence-electron chi connectivity index (χ0n) is 17.3. The number of aryl methyl sites for hydroxylation is 2. The Morgan fingerprint density at radius 3 is 2.63 bits per heavy atom. The second kappa shape index (κ2) is 11.4. The van der Waals surface area contributed by atoms with Crippen LogP contribution in [0.2, 0.25) is 0 Å². The predicted molar refractivity (Wildman–Crippen MR) is 116 cm³/mol. The smallest absolute Gasteiger partial charge is 0.329 e.